The Bertz CT molecular complexity index is 1570. The Morgan fingerprint density at radius 2 is 0.974 bits per heavy atom. The summed E-state index contributed by atoms with van der Waals surface area (Å²) in [5.74, 6) is 0. The van der Waals surface area contributed by atoms with Crippen LogP contribution in [0, 0.1) is 0 Å². The minimum absolute atomic E-state index is 0.0371. The minimum Gasteiger partial charge on any atom is -0.355 e. The van der Waals surface area contributed by atoms with Crippen molar-refractivity contribution in [2.75, 3.05) is 28.2 Å². The minimum atomic E-state index is 0.0371. The number of hydrogen-bond donors (Lipinski definition) is 2. The largest absolute Gasteiger partial charge is 0.355 e. The highest BCUT2D eigenvalue weighted by Crippen LogP contribution is 2.36. The maximum Gasteiger partial charge on any atom is 0.131 e. The summed E-state index contributed by atoms with van der Waals surface area (Å²) >= 11 is 0. The van der Waals surface area contributed by atoms with Gasteiger partial charge in [0.25, 0.3) is 0 Å². The summed E-state index contributed by atoms with van der Waals surface area (Å²) in [6.07, 6.45) is 16.8. The van der Waals surface area contributed by atoms with Crippen LogP contribution in [0.5, 0.6) is 0 Å². The third kappa shape index (κ3) is 3.60. The summed E-state index contributed by atoms with van der Waals surface area (Å²) in [4.78, 5) is 26.2. The molecule has 190 valence electrons. The molecule has 0 aromatic carbocycles. The quantitative estimate of drug-likeness (QED) is 0.339. The van der Waals surface area contributed by atoms with E-state index in [-0.39, 0.29) is 12.3 Å². The second-order valence-corrected chi connectivity index (χ2v) is 10.3. The van der Waals surface area contributed by atoms with Crippen molar-refractivity contribution in [1.82, 2.24) is 39.5 Å². The molecular weight excluding hydrogens is 472 g/mol. The van der Waals surface area contributed by atoms with Gasteiger partial charge < -0.3 is 29.6 Å². The van der Waals surface area contributed by atoms with E-state index in [0.29, 0.717) is 0 Å². The average molecular weight is 503 g/mol. The maximum absolute atomic E-state index is 5.05. The second-order valence-electron chi connectivity index (χ2n) is 10.3. The first kappa shape index (κ1) is 22.5. The zero-order valence-corrected chi connectivity index (χ0v) is 21.9. The van der Waals surface area contributed by atoms with Crippen LogP contribution in [0.1, 0.15) is 46.2 Å². The molecule has 7 heterocycles. The van der Waals surface area contributed by atoms with Gasteiger partial charge in [-0.2, -0.15) is 0 Å². The summed E-state index contributed by atoms with van der Waals surface area (Å²) in [5.41, 5.74) is 10.1. The standard InChI is InChI=1S/C30H30N8/c1-35-13-14-36(2)29(35)27-23-9-5-19(31-23)17-21-7-11-25(33-21)28(30-37(3)15-16-38(30)4)26-12-8-22(34-26)18-20-6-10-24(27)32-20/h5-18,29-31,33H,1-4H3. The van der Waals surface area contributed by atoms with Crippen LogP contribution in [0.2, 0.25) is 0 Å². The monoisotopic (exact) mass is 502 g/mol. The van der Waals surface area contributed by atoms with Gasteiger partial charge in [0.1, 0.15) is 12.3 Å². The van der Waals surface area contributed by atoms with Crippen LogP contribution in [0.3, 0.4) is 0 Å². The van der Waals surface area contributed by atoms with Crippen LogP contribution in [0.25, 0.3) is 46.4 Å². The van der Waals surface area contributed by atoms with E-state index in [4.69, 9.17) is 9.97 Å². The molecule has 8 heteroatoms. The number of nitrogens with one attached hydrogen (secondary N) is 2. The number of nitrogens with zero attached hydrogens (tertiary/aromatic N) is 6. The zero-order valence-electron chi connectivity index (χ0n) is 21.9. The lowest BCUT2D eigenvalue weighted by Gasteiger charge is -2.28. The van der Waals surface area contributed by atoms with Crippen molar-refractivity contribution in [2.24, 2.45) is 0 Å². The van der Waals surface area contributed by atoms with Gasteiger partial charge in [-0.1, -0.05) is 0 Å². The van der Waals surface area contributed by atoms with Crippen LogP contribution >= 0.6 is 0 Å². The van der Waals surface area contributed by atoms with Crippen LogP contribution < -0.4 is 0 Å². The molecule has 2 N–H and O–H groups in total. The zero-order chi connectivity index (χ0) is 26.0. The third-order valence-corrected chi connectivity index (χ3v) is 7.61. The molecule has 4 aliphatic heterocycles. The van der Waals surface area contributed by atoms with Crippen LogP contribution in [0.15, 0.2) is 61.2 Å². The Hall–Kier alpha value is -4.72. The van der Waals surface area contributed by atoms with Gasteiger partial charge in [-0.05, 0) is 60.7 Å². The van der Waals surface area contributed by atoms with Gasteiger partial charge >= 0.3 is 0 Å². The molecule has 0 spiro atoms. The molecule has 8 bridgehead atoms. The first-order valence-corrected chi connectivity index (χ1v) is 12.8. The van der Waals surface area contributed by atoms with Crippen molar-refractivity contribution in [2.45, 2.75) is 12.3 Å². The Morgan fingerprint density at radius 1 is 0.553 bits per heavy atom. The maximum atomic E-state index is 5.05. The number of H-pyrrole nitrogens is 2. The molecule has 0 atom stereocenters. The van der Waals surface area contributed by atoms with E-state index in [9.17, 15) is 0 Å². The van der Waals surface area contributed by atoms with Gasteiger partial charge in [-0.3, -0.25) is 0 Å². The predicted molar refractivity (Wildman–Crippen MR) is 154 cm³/mol. The molecule has 38 heavy (non-hydrogen) atoms. The highest BCUT2D eigenvalue weighted by Gasteiger charge is 2.28. The lowest BCUT2D eigenvalue weighted by Crippen LogP contribution is -2.26. The molecule has 0 radical (unpaired) electrons. The van der Waals surface area contributed by atoms with Crippen LogP contribution in [-0.2, 0) is 0 Å². The second kappa shape index (κ2) is 8.41. The fourth-order valence-corrected chi connectivity index (χ4v) is 5.80. The van der Waals surface area contributed by atoms with E-state index < -0.39 is 0 Å². The van der Waals surface area contributed by atoms with Crippen LogP contribution in [0.4, 0.5) is 0 Å². The summed E-state index contributed by atoms with van der Waals surface area (Å²) in [6, 6.07) is 12.8. The molecule has 0 unspecified atom stereocenters. The van der Waals surface area contributed by atoms with Crippen LogP contribution in [-0.4, -0.2) is 67.7 Å². The molecule has 0 amide bonds. The average Bonchev–Trinajstić information content (AvgIpc) is 3.73. The normalized spacial score (nSPS) is 17.2. The topological polar surface area (TPSA) is 70.3 Å². The van der Waals surface area contributed by atoms with Gasteiger partial charge in [-0.25, -0.2) is 9.97 Å². The molecule has 0 saturated carbocycles. The highest BCUT2D eigenvalue weighted by atomic mass is 15.4. The van der Waals surface area contributed by atoms with E-state index in [0.717, 1.165) is 56.0 Å². The number of rotatable bonds is 2. The number of aromatic nitrogens is 4. The van der Waals surface area contributed by atoms with E-state index in [1.807, 2.05) is 0 Å². The lowest BCUT2D eigenvalue weighted by molar-refractivity contribution is 0.210. The first-order chi connectivity index (χ1) is 18.4. The fourth-order valence-electron chi connectivity index (χ4n) is 5.80. The Labute approximate surface area is 221 Å². The Kier molecular flexibility index (Phi) is 4.97. The van der Waals surface area contributed by atoms with Crippen molar-refractivity contribution in [1.29, 1.82) is 0 Å². The van der Waals surface area contributed by atoms with Gasteiger partial charge in [0.05, 0.1) is 22.8 Å². The smallest absolute Gasteiger partial charge is 0.131 e. The number of fused-ring (bicyclic) bond motifs is 8. The van der Waals surface area contributed by atoms with Gasteiger partial charge in [0.15, 0.2) is 0 Å². The number of hydrogen-bond acceptors (Lipinski definition) is 6. The molecular formula is C30H30N8. The predicted octanol–water partition coefficient (Wildman–Crippen LogP) is 5.35. The Morgan fingerprint density at radius 3 is 1.39 bits per heavy atom. The lowest BCUT2D eigenvalue weighted by atomic mass is 10.1. The summed E-state index contributed by atoms with van der Waals surface area (Å²) in [7, 11) is 8.39. The molecule has 3 aromatic heterocycles. The van der Waals surface area contributed by atoms with Gasteiger partial charge in [-0.15, -0.1) is 0 Å². The summed E-state index contributed by atoms with van der Waals surface area (Å²) in [5, 5.41) is 0. The van der Waals surface area contributed by atoms with Crippen molar-refractivity contribution in [3.8, 4) is 0 Å². The summed E-state index contributed by atoms with van der Waals surface area (Å²) < 4.78 is 0. The fraction of sp³-hybridized carbons (Fsp3) is 0.200. The van der Waals surface area contributed by atoms with E-state index >= 15 is 0 Å². The van der Waals surface area contributed by atoms with E-state index in [2.05, 4.69) is 143 Å². The molecule has 0 aliphatic carbocycles. The van der Waals surface area contributed by atoms with Crippen molar-refractivity contribution < 1.29 is 0 Å². The molecule has 0 fully saturated rings. The third-order valence-electron chi connectivity index (χ3n) is 7.61. The molecule has 8 nitrogen and oxygen atoms in total. The van der Waals surface area contributed by atoms with Crippen molar-refractivity contribution >= 4 is 46.4 Å². The summed E-state index contributed by atoms with van der Waals surface area (Å²) in [6.45, 7) is 0. The van der Waals surface area contributed by atoms with Crippen molar-refractivity contribution in [3.05, 3.63) is 95.1 Å². The SMILES string of the molecule is CN1C=CN(C)C1c1c2nc(cc3nc(c(C4N(C)C=CN4C)c4ccc(cc5ccc1[nH]5)[nH]4)C=C3)C=C2. The Balaban J connectivity index is 1.53. The first-order valence-electron chi connectivity index (χ1n) is 12.8. The molecule has 3 aromatic rings. The molecule has 0 saturated heterocycles. The van der Waals surface area contributed by atoms with Gasteiger partial charge in [0, 0.05) is 86.2 Å². The molecule has 4 aliphatic rings. The van der Waals surface area contributed by atoms with Crippen molar-refractivity contribution in [3.63, 3.8) is 0 Å². The van der Waals surface area contributed by atoms with Gasteiger partial charge in [0.2, 0.25) is 0 Å². The number of aromatic amines is 2. The van der Waals surface area contributed by atoms with E-state index in [1.54, 1.807) is 0 Å². The molecule has 7 rings (SSSR count). The van der Waals surface area contributed by atoms with E-state index in [1.165, 1.54) is 0 Å². The highest BCUT2D eigenvalue weighted by molar-refractivity contribution is 5.81.